The predicted molar refractivity (Wildman–Crippen MR) is 142 cm³/mol. The van der Waals surface area contributed by atoms with Crippen molar-refractivity contribution in [3.63, 3.8) is 0 Å². The molecule has 0 radical (unpaired) electrons. The summed E-state index contributed by atoms with van der Waals surface area (Å²) < 4.78 is 0. The van der Waals surface area contributed by atoms with Crippen LogP contribution in [0.3, 0.4) is 0 Å². The zero-order chi connectivity index (χ0) is 29.2. The number of ketones is 2. The van der Waals surface area contributed by atoms with Crippen LogP contribution in [0.2, 0.25) is 0 Å². The Hall–Kier alpha value is -2.99. The van der Waals surface area contributed by atoms with Crippen LogP contribution >= 0.6 is 0 Å². The monoisotopic (exact) mass is 545 g/mol. The number of hydrogen-bond acceptors (Lipinski definition) is 10. The fourth-order valence-electron chi connectivity index (χ4n) is 6.55. The summed E-state index contributed by atoms with van der Waals surface area (Å²) in [6.45, 7) is 6.90. The van der Waals surface area contributed by atoms with Gasteiger partial charge in [-0.15, -0.1) is 0 Å². The second-order valence-electron chi connectivity index (χ2n) is 12.4. The highest BCUT2D eigenvalue weighted by molar-refractivity contribution is 6.25. The van der Waals surface area contributed by atoms with Crippen molar-refractivity contribution < 1.29 is 39.9 Å². The molecule has 11 nitrogen and oxygen atoms in total. The molecule has 6 atom stereocenters. The molecule has 7 N–H and O–H groups in total. The van der Waals surface area contributed by atoms with Gasteiger partial charge in [0.25, 0.3) is 0 Å². The third kappa shape index (κ3) is 4.51. The van der Waals surface area contributed by atoms with Gasteiger partial charge in [-0.2, -0.15) is 0 Å². The molecule has 0 heterocycles. The lowest BCUT2D eigenvalue weighted by molar-refractivity contribution is -0.184. The van der Waals surface area contributed by atoms with Crippen molar-refractivity contribution in [3.8, 4) is 11.5 Å². The lowest BCUT2D eigenvalue weighted by atomic mass is 9.54. The van der Waals surface area contributed by atoms with Crippen molar-refractivity contribution in [3.05, 3.63) is 28.3 Å². The van der Waals surface area contributed by atoms with Crippen molar-refractivity contribution in [2.75, 3.05) is 27.7 Å². The average molecular weight is 546 g/mol. The normalized spacial score (nSPS) is 30.6. The number of hydrogen-bond donors (Lipinski definition) is 7. The molecular formula is C28H39N3O8. The summed E-state index contributed by atoms with van der Waals surface area (Å²) in [7, 11) is 4.53. The molecule has 11 heteroatoms. The van der Waals surface area contributed by atoms with Crippen LogP contribution in [0.1, 0.15) is 43.9 Å². The molecular weight excluding hydrogens is 506 g/mol. The van der Waals surface area contributed by atoms with Gasteiger partial charge in [-0.05, 0) is 44.3 Å². The van der Waals surface area contributed by atoms with Gasteiger partial charge in [0.15, 0.2) is 11.4 Å². The summed E-state index contributed by atoms with van der Waals surface area (Å²) in [6, 6.07) is 0.496. The molecule has 214 valence electrons. The molecule has 3 aliphatic rings. The zero-order valence-electron chi connectivity index (χ0n) is 23.2. The van der Waals surface area contributed by atoms with Gasteiger partial charge in [0.2, 0.25) is 11.7 Å². The topological polar surface area (TPSA) is 180 Å². The standard InChI is InChI=1S/C28H39N3O8/c1-27(2,3)11-30-10-13-9-16(32)14-7-12-8-15-20(31(5)6)23(35)19(26(38)29-4)25(37)28(15,39)24(36)17(12)22(34)18(14)21(13)33/h9,12,15,19-20,23,30,32-35,39H,7-8,10-11H2,1-6H3,(H,29,38)/t12-,15-,19?,20-,23?,28-/m0/s1. The molecule has 0 bridgehead atoms. The van der Waals surface area contributed by atoms with Crippen LogP contribution in [0.5, 0.6) is 11.5 Å². The first-order chi connectivity index (χ1) is 18.1. The summed E-state index contributed by atoms with van der Waals surface area (Å²) in [5, 5.41) is 61.7. The molecule has 3 aliphatic carbocycles. The van der Waals surface area contributed by atoms with Crippen LogP contribution in [0.15, 0.2) is 11.6 Å². The first-order valence-electron chi connectivity index (χ1n) is 13.1. The Bertz CT molecular complexity index is 1250. The van der Waals surface area contributed by atoms with E-state index in [1.54, 1.807) is 19.0 Å². The fourth-order valence-corrected chi connectivity index (χ4v) is 6.55. The Morgan fingerprint density at radius 1 is 1.18 bits per heavy atom. The molecule has 39 heavy (non-hydrogen) atoms. The Morgan fingerprint density at radius 3 is 2.38 bits per heavy atom. The van der Waals surface area contributed by atoms with Crippen LogP contribution in [0.25, 0.3) is 5.76 Å². The van der Waals surface area contributed by atoms with Gasteiger partial charge in [0.1, 0.15) is 23.2 Å². The second kappa shape index (κ2) is 9.88. The number of phenols is 2. The third-order valence-corrected chi connectivity index (χ3v) is 8.34. The van der Waals surface area contributed by atoms with E-state index in [4.69, 9.17) is 0 Å². The number of benzene rings is 1. The quantitative estimate of drug-likeness (QED) is 0.200. The van der Waals surface area contributed by atoms with Gasteiger partial charge in [0, 0.05) is 48.8 Å². The number of Topliss-reactive ketones (excluding diaryl/α,β-unsaturated/α-hetero) is 2. The smallest absolute Gasteiger partial charge is 0.233 e. The lowest BCUT2D eigenvalue weighted by Crippen LogP contribution is -2.73. The van der Waals surface area contributed by atoms with Crippen molar-refractivity contribution in [1.29, 1.82) is 0 Å². The van der Waals surface area contributed by atoms with Crippen LogP contribution in [-0.4, -0.2) is 93.3 Å². The molecule has 1 aromatic rings. The van der Waals surface area contributed by atoms with Crippen molar-refractivity contribution >= 4 is 23.2 Å². The maximum absolute atomic E-state index is 14.0. The van der Waals surface area contributed by atoms with E-state index >= 15 is 0 Å². The molecule has 2 fully saturated rings. The molecule has 1 aromatic carbocycles. The molecule has 2 unspecified atom stereocenters. The molecule has 0 saturated heterocycles. The molecule has 0 aliphatic heterocycles. The first kappa shape index (κ1) is 29.0. The van der Waals surface area contributed by atoms with E-state index in [2.05, 4.69) is 10.6 Å². The number of aliphatic hydroxyl groups is 3. The van der Waals surface area contributed by atoms with Gasteiger partial charge < -0.3 is 41.1 Å². The summed E-state index contributed by atoms with van der Waals surface area (Å²) >= 11 is 0. The van der Waals surface area contributed by atoms with Crippen molar-refractivity contribution in [2.24, 2.45) is 23.2 Å². The number of nitrogens with zero attached hydrogens (tertiary/aromatic N) is 1. The zero-order valence-corrected chi connectivity index (χ0v) is 23.2. The van der Waals surface area contributed by atoms with Crippen molar-refractivity contribution in [2.45, 2.75) is 57.9 Å². The maximum atomic E-state index is 14.0. The van der Waals surface area contributed by atoms with E-state index in [0.29, 0.717) is 12.1 Å². The summed E-state index contributed by atoms with van der Waals surface area (Å²) in [5.41, 5.74) is -2.49. The Morgan fingerprint density at radius 2 is 1.82 bits per heavy atom. The Kier molecular flexibility index (Phi) is 7.35. The summed E-state index contributed by atoms with van der Waals surface area (Å²) in [6.07, 6.45) is -1.41. The van der Waals surface area contributed by atoms with Crippen LogP contribution in [-0.2, 0) is 27.3 Å². The summed E-state index contributed by atoms with van der Waals surface area (Å²) in [4.78, 5) is 41.7. The molecule has 4 rings (SSSR count). The minimum atomic E-state index is -2.67. The number of nitrogens with one attached hydrogen (secondary N) is 2. The SMILES string of the molecule is CNC(=O)C1C(=O)[C@@]2(O)C(=O)C3=C(O)c4c(O)c(CNCC(C)(C)C)cc(O)c4C[C@H]3C[C@H]2[C@H](N(C)C)C1O. The molecule has 2 saturated carbocycles. The number of carbonyl (C=O) groups is 3. The number of carbonyl (C=O) groups excluding carboxylic acids is 3. The molecule has 0 spiro atoms. The number of amides is 1. The summed E-state index contributed by atoms with van der Waals surface area (Å²) in [5.74, 6) is -7.57. The number of aliphatic hydroxyl groups excluding tert-OH is 2. The molecule has 0 aromatic heterocycles. The number of likely N-dealkylation sites (N-methyl/N-ethyl adjacent to an activating group) is 1. The van der Waals surface area contributed by atoms with Gasteiger partial charge >= 0.3 is 0 Å². The number of rotatable bonds is 5. The maximum Gasteiger partial charge on any atom is 0.233 e. The van der Waals surface area contributed by atoms with E-state index in [0.717, 1.165) is 0 Å². The van der Waals surface area contributed by atoms with E-state index in [1.165, 1.54) is 13.1 Å². The number of phenolic OH excluding ortho intramolecular Hbond substituents is 2. The third-order valence-electron chi connectivity index (χ3n) is 8.34. The van der Waals surface area contributed by atoms with E-state index in [-0.39, 0.29) is 53.0 Å². The van der Waals surface area contributed by atoms with Gasteiger partial charge in [0.05, 0.1) is 11.7 Å². The minimum absolute atomic E-state index is 0.0161. The van der Waals surface area contributed by atoms with Crippen molar-refractivity contribution in [1.82, 2.24) is 15.5 Å². The number of fused-ring (bicyclic) bond motifs is 3. The highest BCUT2D eigenvalue weighted by Gasteiger charge is 2.67. The van der Waals surface area contributed by atoms with E-state index in [9.17, 15) is 39.9 Å². The molecule has 1 amide bonds. The fraction of sp³-hybridized carbons (Fsp3) is 0.607. The minimum Gasteiger partial charge on any atom is -0.508 e. The van der Waals surface area contributed by atoms with E-state index in [1.807, 2.05) is 20.8 Å². The van der Waals surface area contributed by atoms with E-state index < -0.39 is 58.7 Å². The average Bonchev–Trinajstić information content (AvgIpc) is 2.83. The first-order valence-corrected chi connectivity index (χ1v) is 13.1. The second-order valence-corrected chi connectivity index (χ2v) is 12.4. The largest absolute Gasteiger partial charge is 0.508 e. The van der Waals surface area contributed by atoms with Gasteiger partial charge in [-0.3, -0.25) is 14.4 Å². The van der Waals surface area contributed by atoms with Gasteiger partial charge in [-0.25, -0.2) is 0 Å². The highest BCUT2D eigenvalue weighted by Crippen LogP contribution is 2.53. The highest BCUT2D eigenvalue weighted by atomic mass is 16.3. The van der Waals surface area contributed by atoms with Crippen LogP contribution < -0.4 is 10.6 Å². The Labute approximate surface area is 227 Å². The van der Waals surface area contributed by atoms with Crippen LogP contribution in [0.4, 0.5) is 0 Å². The predicted octanol–water partition coefficient (Wildman–Crippen LogP) is 0.231. The number of aromatic hydroxyl groups is 2. The lowest BCUT2D eigenvalue weighted by Gasteiger charge is -2.53. The van der Waals surface area contributed by atoms with Crippen LogP contribution in [0, 0.1) is 23.2 Å². The Balaban J connectivity index is 1.83. The van der Waals surface area contributed by atoms with Gasteiger partial charge in [-0.1, -0.05) is 20.8 Å².